The van der Waals surface area contributed by atoms with E-state index in [-0.39, 0.29) is 29.7 Å². The molecule has 2 aromatic heterocycles. The van der Waals surface area contributed by atoms with Gasteiger partial charge in [-0.3, -0.25) is 15.2 Å². The number of aliphatic hydroxyl groups excluding tert-OH is 1. The first-order valence-corrected chi connectivity index (χ1v) is 7.99. The molecule has 1 aliphatic carbocycles. The van der Waals surface area contributed by atoms with Crippen molar-refractivity contribution in [3.05, 3.63) is 34.6 Å². The van der Waals surface area contributed by atoms with Gasteiger partial charge in [-0.2, -0.15) is 0 Å². The lowest BCUT2D eigenvalue weighted by Crippen LogP contribution is -2.38. The zero-order valence-corrected chi connectivity index (χ0v) is 13.2. The van der Waals surface area contributed by atoms with Gasteiger partial charge in [-0.1, -0.05) is 19.3 Å². The molecule has 0 bridgehead atoms. The summed E-state index contributed by atoms with van der Waals surface area (Å²) in [4.78, 5) is 16.6. The quantitative estimate of drug-likeness (QED) is 0.808. The Labute approximate surface area is 134 Å². The van der Waals surface area contributed by atoms with Crippen molar-refractivity contribution in [3.8, 4) is 0 Å². The highest BCUT2D eigenvalue weighted by molar-refractivity contribution is 5.97. The summed E-state index contributed by atoms with van der Waals surface area (Å²) in [6.07, 6.45) is 7.00. The van der Waals surface area contributed by atoms with Crippen LogP contribution in [0.4, 0.5) is 0 Å². The first-order chi connectivity index (χ1) is 11.1. The Hall–Kier alpha value is -2.21. The molecular weight excluding hydrogens is 294 g/mol. The van der Waals surface area contributed by atoms with E-state index in [0.717, 1.165) is 25.7 Å². The highest BCUT2D eigenvalue weighted by Gasteiger charge is 2.19. The van der Waals surface area contributed by atoms with E-state index in [0.29, 0.717) is 22.2 Å². The predicted molar refractivity (Wildman–Crippen MR) is 84.9 cm³/mol. The lowest BCUT2D eigenvalue weighted by molar-refractivity contribution is 0.0923. The summed E-state index contributed by atoms with van der Waals surface area (Å²) in [5.74, 6) is -0.286. The van der Waals surface area contributed by atoms with Crippen molar-refractivity contribution in [3.63, 3.8) is 0 Å². The number of hydrogen-bond donors (Lipinski definition) is 3. The molecule has 0 saturated heterocycles. The lowest BCUT2D eigenvalue weighted by atomic mass is 9.95. The van der Waals surface area contributed by atoms with Crippen molar-refractivity contribution >= 4 is 16.9 Å². The van der Waals surface area contributed by atoms with Crippen LogP contribution in [0.25, 0.3) is 11.0 Å². The van der Waals surface area contributed by atoms with E-state index in [2.05, 4.69) is 10.3 Å². The minimum absolute atomic E-state index is 0.169. The van der Waals surface area contributed by atoms with Gasteiger partial charge >= 0.3 is 0 Å². The lowest BCUT2D eigenvalue weighted by Gasteiger charge is -2.22. The van der Waals surface area contributed by atoms with Crippen molar-refractivity contribution in [2.24, 2.45) is 0 Å². The SMILES string of the molecule is Cc1ncc(CO)c2cc(C(=O)NC3CCCCC3)c(=N)oc12. The van der Waals surface area contributed by atoms with Crippen LogP contribution in [0.5, 0.6) is 0 Å². The van der Waals surface area contributed by atoms with Gasteiger partial charge in [0.1, 0.15) is 5.56 Å². The summed E-state index contributed by atoms with van der Waals surface area (Å²) in [5.41, 5.74) is 1.68. The number of carbonyl (C=O) groups excluding carboxylic acids is 1. The van der Waals surface area contributed by atoms with E-state index in [4.69, 9.17) is 9.83 Å². The molecule has 1 aliphatic rings. The zero-order chi connectivity index (χ0) is 16.4. The van der Waals surface area contributed by atoms with E-state index in [1.807, 2.05) is 0 Å². The molecule has 1 amide bonds. The summed E-state index contributed by atoms with van der Waals surface area (Å²) in [6, 6.07) is 1.79. The minimum atomic E-state index is -0.286. The Bertz CT molecular complexity index is 792. The van der Waals surface area contributed by atoms with Gasteiger partial charge < -0.3 is 14.8 Å². The number of aryl methyl sites for hydroxylation is 1. The highest BCUT2D eigenvalue weighted by atomic mass is 16.3. The third-order valence-electron chi connectivity index (χ3n) is 4.43. The summed E-state index contributed by atoms with van der Waals surface area (Å²) in [5, 5.41) is 21.1. The molecule has 0 spiro atoms. The van der Waals surface area contributed by atoms with Crippen LogP contribution in [0.2, 0.25) is 0 Å². The molecule has 1 saturated carbocycles. The number of fused-ring (bicyclic) bond motifs is 1. The van der Waals surface area contributed by atoms with Gasteiger partial charge in [0.2, 0.25) is 5.55 Å². The number of rotatable bonds is 3. The number of pyridine rings is 1. The molecule has 0 radical (unpaired) electrons. The minimum Gasteiger partial charge on any atom is -0.436 e. The maximum absolute atomic E-state index is 12.5. The van der Waals surface area contributed by atoms with Gasteiger partial charge in [0.05, 0.1) is 12.3 Å². The summed E-state index contributed by atoms with van der Waals surface area (Å²) in [6.45, 7) is 1.58. The Morgan fingerprint density at radius 3 is 2.87 bits per heavy atom. The molecular formula is C17H21N3O3. The normalized spacial score (nSPS) is 15.7. The van der Waals surface area contributed by atoms with E-state index in [1.54, 1.807) is 19.2 Å². The number of nitrogens with one attached hydrogen (secondary N) is 2. The molecule has 2 aromatic rings. The van der Waals surface area contributed by atoms with Gasteiger partial charge in [0.15, 0.2) is 5.58 Å². The van der Waals surface area contributed by atoms with Crippen LogP contribution in [0.15, 0.2) is 16.7 Å². The number of hydrogen-bond acceptors (Lipinski definition) is 5. The molecule has 2 heterocycles. The molecule has 122 valence electrons. The van der Waals surface area contributed by atoms with Crippen molar-refractivity contribution in [1.82, 2.24) is 10.3 Å². The molecule has 6 nitrogen and oxygen atoms in total. The topological polar surface area (TPSA) is 99.2 Å². The summed E-state index contributed by atoms with van der Waals surface area (Å²) in [7, 11) is 0. The van der Waals surface area contributed by atoms with Gasteiger partial charge in [-0.25, -0.2) is 0 Å². The maximum atomic E-state index is 12.5. The summed E-state index contributed by atoms with van der Waals surface area (Å²) >= 11 is 0. The molecule has 1 fully saturated rings. The van der Waals surface area contributed by atoms with Gasteiger partial charge in [0.25, 0.3) is 5.91 Å². The van der Waals surface area contributed by atoms with Crippen LogP contribution in [0.3, 0.4) is 0 Å². The smallest absolute Gasteiger partial charge is 0.257 e. The van der Waals surface area contributed by atoms with Gasteiger partial charge in [-0.15, -0.1) is 0 Å². The second kappa shape index (κ2) is 6.50. The van der Waals surface area contributed by atoms with Gasteiger partial charge in [-0.05, 0) is 25.8 Å². The van der Waals surface area contributed by atoms with E-state index in [1.165, 1.54) is 6.42 Å². The fourth-order valence-corrected chi connectivity index (χ4v) is 3.10. The highest BCUT2D eigenvalue weighted by Crippen LogP contribution is 2.21. The van der Waals surface area contributed by atoms with Crippen molar-refractivity contribution in [2.45, 2.75) is 51.7 Å². The van der Waals surface area contributed by atoms with Crippen molar-refractivity contribution in [1.29, 1.82) is 5.41 Å². The first-order valence-electron chi connectivity index (χ1n) is 7.99. The Morgan fingerprint density at radius 2 is 2.17 bits per heavy atom. The number of aromatic nitrogens is 1. The molecule has 3 N–H and O–H groups in total. The molecule has 0 aliphatic heterocycles. The first kappa shape index (κ1) is 15.7. The van der Waals surface area contributed by atoms with Crippen LogP contribution >= 0.6 is 0 Å². The van der Waals surface area contributed by atoms with Crippen molar-refractivity contribution in [2.75, 3.05) is 0 Å². The third-order valence-corrected chi connectivity index (χ3v) is 4.43. The van der Waals surface area contributed by atoms with Crippen molar-refractivity contribution < 1.29 is 14.3 Å². The average Bonchev–Trinajstić information content (AvgIpc) is 2.56. The predicted octanol–water partition coefficient (Wildman–Crippen LogP) is 2.17. The third kappa shape index (κ3) is 3.12. The Kier molecular flexibility index (Phi) is 4.43. The fourth-order valence-electron chi connectivity index (χ4n) is 3.10. The summed E-state index contributed by atoms with van der Waals surface area (Å²) < 4.78 is 5.51. The Balaban J connectivity index is 1.98. The van der Waals surface area contributed by atoms with Crippen LogP contribution in [-0.4, -0.2) is 22.0 Å². The molecule has 0 unspecified atom stereocenters. The molecule has 0 atom stereocenters. The van der Waals surface area contributed by atoms with Crippen LogP contribution in [0.1, 0.15) is 53.7 Å². The molecule has 0 aromatic carbocycles. The Morgan fingerprint density at radius 1 is 1.43 bits per heavy atom. The van der Waals surface area contributed by atoms with Crippen LogP contribution < -0.4 is 10.9 Å². The second-order valence-corrected chi connectivity index (χ2v) is 6.07. The largest absolute Gasteiger partial charge is 0.436 e. The number of amides is 1. The van der Waals surface area contributed by atoms with Gasteiger partial charge in [0, 0.05) is 23.2 Å². The standard InChI is InChI=1S/C17H21N3O3/c1-10-15-13(11(9-21)8-19-10)7-14(16(18)23-15)17(22)20-12-5-3-2-4-6-12/h7-8,12,18,21H,2-6,9H2,1H3,(H,20,22). The molecule has 6 heteroatoms. The van der Waals surface area contributed by atoms with Crippen LogP contribution in [0, 0.1) is 12.3 Å². The maximum Gasteiger partial charge on any atom is 0.257 e. The van der Waals surface area contributed by atoms with E-state index in [9.17, 15) is 9.90 Å². The monoisotopic (exact) mass is 315 g/mol. The number of nitrogens with zero attached hydrogens (tertiary/aromatic N) is 1. The zero-order valence-electron chi connectivity index (χ0n) is 13.2. The number of aliphatic hydroxyl groups is 1. The average molecular weight is 315 g/mol. The second-order valence-electron chi connectivity index (χ2n) is 6.07. The van der Waals surface area contributed by atoms with Crippen LogP contribution in [-0.2, 0) is 6.61 Å². The molecule has 3 rings (SSSR count). The fraction of sp³-hybridized carbons (Fsp3) is 0.471. The van der Waals surface area contributed by atoms with E-state index < -0.39 is 0 Å². The number of carbonyl (C=O) groups is 1. The molecule has 23 heavy (non-hydrogen) atoms. The van der Waals surface area contributed by atoms with E-state index >= 15 is 0 Å².